The highest BCUT2D eigenvalue weighted by Crippen LogP contribution is 2.36. The summed E-state index contributed by atoms with van der Waals surface area (Å²) in [7, 11) is -0.665. The Balaban J connectivity index is 1.97. The summed E-state index contributed by atoms with van der Waals surface area (Å²) in [5.74, 6) is -0.433. The molecule has 0 spiro atoms. The minimum Gasteiger partial charge on any atom is -0.399 e. The Labute approximate surface area is 145 Å². The summed E-state index contributed by atoms with van der Waals surface area (Å²) >= 11 is 0. The van der Waals surface area contributed by atoms with Crippen LogP contribution in [-0.4, -0.2) is 28.3 Å². The van der Waals surface area contributed by atoms with Gasteiger partial charge in [0.25, 0.3) is 0 Å². The molecule has 1 aliphatic rings. The fourth-order valence-electron chi connectivity index (χ4n) is 2.53. The van der Waals surface area contributed by atoms with Gasteiger partial charge in [0, 0.05) is 5.56 Å². The fraction of sp³-hybridized carbons (Fsp3) is 0.353. The van der Waals surface area contributed by atoms with Crippen LogP contribution in [0, 0.1) is 17.1 Å². The molecule has 3 rings (SSSR count). The Bertz CT molecular complexity index is 863. The zero-order valence-corrected chi connectivity index (χ0v) is 14.5. The number of hydrogen-bond donors (Lipinski definition) is 1. The van der Waals surface area contributed by atoms with Gasteiger partial charge < -0.3 is 15.0 Å². The predicted molar refractivity (Wildman–Crippen MR) is 92.3 cm³/mol. The minimum atomic E-state index is -0.665. The second-order valence-corrected chi connectivity index (χ2v) is 6.93. The van der Waals surface area contributed by atoms with E-state index in [4.69, 9.17) is 20.3 Å². The molecule has 0 atom stereocenters. The summed E-state index contributed by atoms with van der Waals surface area (Å²) < 4.78 is 26.5. The van der Waals surface area contributed by atoms with Crippen LogP contribution in [0.3, 0.4) is 0 Å². The first kappa shape index (κ1) is 17.3. The third kappa shape index (κ3) is 2.97. The molecule has 25 heavy (non-hydrogen) atoms. The smallest absolute Gasteiger partial charge is 0.399 e. The Hall–Kier alpha value is -2.50. The van der Waals surface area contributed by atoms with Crippen LogP contribution in [0.15, 0.2) is 24.4 Å². The SMILES string of the molecule is CC1(C)OB(c2ccc(-c3ncc(N)nc3C#N)c(F)c2)OC1(C)C. The lowest BCUT2D eigenvalue weighted by atomic mass is 9.78. The molecule has 1 fully saturated rings. The lowest BCUT2D eigenvalue weighted by molar-refractivity contribution is 0.00578. The van der Waals surface area contributed by atoms with Crippen molar-refractivity contribution in [1.29, 1.82) is 5.26 Å². The second-order valence-electron chi connectivity index (χ2n) is 6.93. The van der Waals surface area contributed by atoms with Crippen molar-refractivity contribution in [1.82, 2.24) is 9.97 Å². The number of aromatic nitrogens is 2. The van der Waals surface area contributed by atoms with Crippen LogP contribution in [0.25, 0.3) is 11.3 Å². The molecule has 2 aromatic rings. The summed E-state index contributed by atoms with van der Waals surface area (Å²) in [5.41, 5.74) is 5.35. The Morgan fingerprint density at radius 1 is 1.20 bits per heavy atom. The molecular weight excluding hydrogens is 322 g/mol. The van der Waals surface area contributed by atoms with Crippen LogP contribution < -0.4 is 11.2 Å². The molecule has 8 heteroatoms. The summed E-state index contributed by atoms with van der Waals surface area (Å²) in [6.07, 6.45) is 1.29. The van der Waals surface area contributed by atoms with E-state index in [1.165, 1.54) is 18.3 Å². The summed E-state index contributed by atoms with van der Waals surface area (Å²) in [4.78, 5) is 7.93. The van der Waals surface area contributed by atoms with E-state index in [0.29, 0.717) is 5.46 Å². The Kier molecular flexibility index (Phi) is 4.02. The highest BCUT2D eigenvalue weighted by molar-refractivity contribution is 6.62. The molecule has 1 saturated heterocycles. The van der Waals surface area contributed by atoms with Gasteiger partial charge in [0.05, 0.1) is 17.4 Å². The van der Waals surface area contributed by atoms with Crippen molar-refractivity contribution in [2.45, 2.75) is 38.9 Å². The number of halogens is 1. The number of nitrogen functional groups attached to an aromatic ring is 1. The van der Waals surface area contributed by atoms with Gasteiger partial charge in [-0.1, -0.05) is 12.1 Å². The summed E-state index contributed by atoms with van der Waals surface area (Å²) in [6, 6.07) is 6.45. The summed E-state index contributed by atoms with van der Waals surface area (Å²) in [6.45, 7) is 7.73. The highest BCUT2D eigenvalue weighted by Gasteiger charge is 2.51. The maximum atomic E-state index is 14.7. The molecule has 0 radical (unpaired) electrons. The van der Waals surface area contributed by atoms with Gasteiger partial charge in [-0.15, -0.1) is 0 Å². The molecule has 0 unspecified atom stereocenters. The fourth-order valence-corrected chi connectivity index (χ4v) is 2.53. The van der Waals surface area contributed by atoms with E-state index in [1.54, 1.807) is 6.07 Å². The number of nitrogens with two attached hydrogens (primary N) is 1. The first-order chi connectivity index (χ1) is 11.6. The third-order valence-electron chi connectivity index (χ3n) is 4.67. The van der Waals surface area contributed by atoms with Gasteiger partial charge in [-0.3, -0.25) is 0 Å². The van der Waals surface area contributed by atoms with Gasteiger partial charge in [0.15, 0.2) is 5.69 Å². The molecule has 1 aromatic carbocycles. The first-order valence-corrected chi connectivity index (χ1v) is 7.83. The largest absolute Gasteiger partial charge is 0.494 e. The Morgan fingerprint density at radius 3 is 2.40 bits per heavy atom. The topological polar surface area (TPSA) is 94.0 Å². The first-order valence-electron chi connectivity index (χ1n) is 7.83. The van der Waals surface area contributed by atoms with Crippen LogP contribution in [-0.2, 0) is 9.31 Å². The van der Waals surface area contributed by atoms with E-state index < -0.39 is 24.1 Å². The molecule has 2 N–H and O–H groups in total. The number of nitriles is 1. The molecule has 2 heterocycles. The van der Waals surface area contributed by atoms with Crippen LogP contribution in [0.4, 0.5) is 10.2 Å². The van der Waals surface area contributed by atoms with Gasteiger partial charge in [-0.2, -0.15) is 5.26 Å². The van der Waals surface area contributed by atoms with Crippen LogP contribution in [0.1, 0.15) is 33.4 Å². The number of rotatable bonds is 2. The predicted octanol–water partition coefficient (Wildman–Crippen LogP) is 2.04. The normalized spacial score (nSPS) is 18.2. The van der Waals surface area contributed by atoms with E-state index >= 15 is 0 Å². The van der Waals surface area contributed by atoms with Crippen molar-refractivity contribution in [3.63, 3.8) is 0 Å². The van der Waals surface area contributed by atoms with Crippen molar-refractivity contribution in [3.05, 3.63) is 35.9 Å². The van der Waals surface area contributed by atoms with Gasteiger partial charge in [-0.25, -0.2) is 14.4 Å². The van der Waals surface area contributed by atoms with E-state index in [2.05, 4.69) is 9.97 Å². The third-order valence-corrected chi connectivity index (χ3v) is 4.67. The molecule has 0 amide bonds. The van der Waals surface area contributed by atoms with E-state index in [1.807, 2.05) is 33.8 Å². The van der Waals surface area contributed by atoms with E-state index in [9.17, 15) is 4.39 Å². The average Bonchev–Trinajstić information content (AvgIpc) is 2.75. The zero-order chi connectivity index (χ0) is 18.4. The number of nitrogens with zero attached hydrogens (tertiary/aromatic N) is 3. The molecule has 0 saturated carbocycles. The lowest BCUT2D eigenvalue weighted by Crippen LogP contribution is -2.41. The second kappa shape index (κ2) is 5.79. The molecule has 0 bridgehead atoms. The van der Waals surface area contributed by atoms with E-state index in [-0.39, 0.29) is 22.8 Å². The minimum absolute atomic E-state index is 0.0257. The van der Waals surface area contributed by atoms with Crippen molar-refractivity contribution < 1.29 is 13.7 Å². The summed E-state index contributed by atoms with van der Waals surface area (Å²) in [5, 5.41) is 9.17. The van der Waals surface area contributed by atoms with Crippen molar-refractivity contribution in [2.75, 3.05) is 5.73 Å². The number of hydrogen-bond acceptors (Lipinski definition) is 6. The van der Waals surface area contributed by atoms with Crippen molar-refractivity contribution in [2.24, 2.45) is 0 Å². The Morgan fingerprint density at radius 2 is 1.84 bits per heavy atom. The maximum Gasteiger partial charge on any atom is 0.494 e. The highest BCUT2D eigenvalue weighted by atomic mass is 19.1. The number of benzene rings is 1. The van der Waals surface area contributed by atoms with E-state index in [0.717, 1.165) is 0 Å². The quantitative estimate of drug-likeness (QED) is 0.841. The van der Waals surface area contributed by atoms with Gasteiger partial charge in [-0.05, 0) is 39.2 Å². The van der Waals surface area contributed by atoms with Crippen molar-refractivity contribution in [3.8, 4) is 17.3 Å². The average molecular weight is 340 g/mol. The molecule has 1 aliphatic heterocycles. The zero-order valence-electron chi connectivity index (χ0n) is 14.5. The molecule has 0 aliphatic carbocycles. The van der Waals surface area contributed by atoms with Crippen LogP contribution in [0.2, 0.25) is 0 Å². The molecule has 1 aromatic heterocycles. The number of anilines is 1. The van der Waals surface area contributed by atoms with Crippen LogP contribution >= 0.6 is 0 Å². The van der Waals surface area contributed by atoms with Crippen molar-refractivity contribution >= 4 is 18.4 Å². The molecule has 6 nitrogen and oxygen atoms in total. The van der Waals surface area contributed by atoms with Gasteiger partial charge in [0.1, 0.15) is 23.4 Å². The standard InChI is InChI=1S/C17H18BFN4O2/c1-16(2)17(3,4)25-18(24-16)10-5-6-11(12(19)7-10)15-13(8-20)23-14(21)9-22-15/h5-7,9H,1-4H3,(H2,21,23). The lowest BCUT2D eigenvalue weighted by Gasteiger charge is -2.32. The van der Waals surface area contributed by atoms with Gasteiger partial charge >= 0.3 is 7.12 Å². The van der Waals surface area contributed by atoms with Gasteiger partial charge in [0.2, 0.25) is 0 Å². The molecule has 128 valence electrons. The monoisotopic (exact) mass is 340 g/mol. The van der Waals surface area contributed by atoms with Crippen LogP contribution in [0.5, 0.6) is 0 Å². The molecular formula is C17H18BFN4O2. The maximum absolute atomic E-state index is 14.7.